The Morgan fingerprint density at radius 3 is 2.00 bits per heavy atom. The number of carbonyl (C=O) groups excluding carboxylic acids is 2. The van der Waals surface area contributed by atoms with Gasteiger partial charge in [0, 0.05) is 34.8 Å². The number of nitrogens with one attached hydrogen (secondary N) is 2. The topological polar surface area (TPSA) is 103 Å². The van der Waals surface area contributed by atoms with Gasteiger partial charge in [0.1, 0.15) is 17.2 Å². The molecular formula is C35H51N3O4. The number of likely N-dealkylation sites (tertiary alicyclic amines) is 1. The van der Waals surface area contributed by atoms with Gasteiger partial charge in [-0.2, -0.15) is 0 Å². The lowest BCUT2D eigenvalue weighted by atomic mass is 9.78. The van der Waals surface area contributed by atoms with E-state index in [-0.39, 0.29) is 40.7 Å². The number of benzene rings is 2. The number of phenols is 1. The van der Waals surface area contributed by atoms with Gasteiger partial charge in [-0.3, -0.25) is 15.5 Å². The SMILES string of the molecule is CCC[C@H]1CN(CC(=O)c2cc(C(C)(C)C)c(O)c(C(C)(C)C)c2)C(=N)[C@@H]1Cc1ccc(NC(=O)OC(C)(C)C)cc1. The summed E-state index contributed by atoms with van der Waals surface area (Å²) in [6.07, 6.45) is 2.20. The van der Waals surface area contributed by atoms with Crippen molar-refractivity contribution in [1.82, 2.24) is 4.90 Å². The summed E-state index contributed by atoms with van der Waals surface area (Å²) in [5, 5.41) is 22.9. The second kappa shape index (κ2) is 12.5. The van der Waals surface area contributed by atoms with Gasteiger partial charge in [-0.25, -0.2) is 4.79 Å². The number of amides is 1. The second-order valence-corrected chi connectivity index (χ2v) is 14.8. The number of anilines is 1. The van der Waals surface area contributed by atoms with E-state index in [0.717, 1.165) is 29.5 Å². The molecule has 1 saturated heterocycles. The summed E-state index contributed by atoms with van der Waals surface area (Å²) in [5.41, 5.74) is 2.63. The van der Waals surface area contributed by atoms with Gasteiger partial charge in [0.05, 0.1) is 6.54 Å². The van der Waals surface area contributed by atoms with Crippen LogP contribution < -0.4 is 5.32 Å². The summed E-state index contributed by atoms with van der Waals surface area (Å²) in [4.78, 5) is 27.8. The Labute approximate surface area is 252 Å². The maximum absolute atomic E-state index is 13.7. The number of nitrogens with zero attached hydrogens (tertiary/aromatic N) is 1. The third kappa shape index (κ3) is 8.36. The highest BCUT2D eigenvalue weighted by molar-refractivity contribution is 6.01. The molecular weight excluding hydrogens is 526 g/mol. The molecule has 1 heterocycles. The van der Waals surface area contributed by atoms with Crippen LogP contribution in [0, 0.1) is 17.2 Å². The molecule has 3 rings (SSSR count). The van der Waals surface area contributed by atoms with Crippen molar-refractivity contribution in [2.45, 2.75) is 105 Å². The normalized spacial score (nSPS) is 17.9. The highest BCUT2D eigenvalue weighted by atomic mass is 16.6. The van der Waals surface area contributed by atoms with Crippen molar-refractivity contribution in [3.63, 3.8) is 0 Å². The van der Waals surface area contributed by atoms with Crippen molar-refractivity contribution < 1.29 is 19.4 Å². The average molecular weight is 578 g/mol. The molecule has 230 valence electrons. The van der Waals surface area contributed by atoms with Gasteiger partial charge in [-0.15, -0.1) is 0 Å². The van der Waals surface area contributed by atoms with Crippen LogP contribution >= 0.6 is 0 Å². The van der Waals surface area contributed by atoms with E-state index in [4.69, 9.17) is 10.1 Å². The van der Waals surface area contributed by atoms with Crippen molar-refractivity contribution in [2.24, 2.45) is 11.8 Å². The van der Waals surface area contributed by atoms with Gasteiger partial charge in [0.2, 0.25) is 0 Å². The van der Waals surface area contributed by atoms with Gasteiger partial charge in [-0.1, -0.05) is 67.0 Å². The molecule has 0 unspecified atom stereocenters. The molecule has 7 heteroatoms. The predicted octanol–water partition coefficient (Wildman–Crippen LogP) is 8.08. The van der Waals surface area contributed by atoms with E-state index < -0.39 is 11.7 Å². The third-order valence-corrected chi connectivity index (χ3v) is 7.81. The van der Waals surface area contributed by atoms with Gasteiger partial charge in [0.25, 0.3) is 0 Å². The van der Waals surface area contributed by atoms with E-state index in [1.165, 1.54) is 0 Å². The van der Waals surface area contributed by atoms with Crippen LogP contribution in [0.3, 0.4) is 0 Å². The number of hydrogen-bond acceptors (Lipinski definition) is 5. The first-order valence-electron chi connectivity index (χ1n) is 15.1. The molecule has 0 saturated carbocycles. The minimum atomic E-state index is -0.569. The number of hydrogen-bond donors (Lipinski definition) is 3. The quantitative estimate of drug-likeness (QED) is 0.275. The molecule has 0 spiro atoms. The van der Waals surface area contributed by atoms with Gasteiger partial charge < -0.3 is 14.7 Å². The Hall–Kier alpha value is -3.35. The van der Waals surface area contributed by atoms with Crippen molar-refractivity contribution in [1.29, 1.82) is 5.41 Å². The first-order valence-corrected chi connectivity index (χ1v) is 15.1. The Bertz CT molecular complexity index is 1260. The Balaban J connectivity index is 1.78. The number of amidine groups is 1. The molecule has 2 aromatic carbocycles. The molecule has 1 fully saturated rings. The highest BCUT2D eigenvalue weighted by Gasteiger charge is 2.38. The van der Waals surface area contributed by atoms with Crippen LogP contribution in [-0.2, 0) is 22.0 Å². The fourth-order valence-corrected chi connectivity index (χ4v) is 5.65. The zero-order valence-corrected chi connectivity index (χ0v) is 27.3. The maximum atomic E-state index is 13.7. The van der Waals surface area contributed by atoms with E-state index in [9.17, 15) is 14.7 Å². The largest absolute Gasteiger partial charge is 0.507 e. The molecule has 0 aromatic heterocycles. The predicted molar refractivity (Wildman–Crippen MR) is 171 cm³/mol. The van der Waals surface area contributed by atoms with Crippen molar-refractivity contribution in [3.05, 3.63) is 58.7 Å². The van der Waals surface area contributed by atoms with Crippen molar-refractivity contribution in [3.8, 4) is 5.75 Å². The summed E-state index contributed by atoms with van der Waals surface area (Å²) in [6, 6.07) is 11.3. The van der Waals surface area contributed by atoms with E-state index >= 15 is 0 Å². The molecule has 2 aromatic rings. The average Bonchev–Trinajstić information content (AvgIpc) is 3.11. The maximum Gasteiger partial charge on any atom is 0.412 e. The summed E-state index contributed by atoms with van der Waals surface area (Å²) in [7, 11) is 0. The van der Waals surface area contributed by atoms with Crippen molar-refractivity contribution in [2.75, 3.05) is 18.4 Å². The Morgan fingerprint density at radius 1 is 0.976 bits per heavy atom. The van der Waals surface area contributed by atoms with Gasteiger partial charge in [0.15, 0.2) is 5.78 Å². The van der Waals surface area contributed by atoms with E-state index in [1.807, 2.05) is 104 Å². The monoisotopic (exact) mass is 577 g/mol. The first kappa shape index (κ1) is 33.2. The van der Waals surface area contributed by atoms with Crippen LogP contribution in [0.1, 0.15) is 109 Å². The summed E-state index contributed by atoms with van der Waals surface area (Å²) in [6.45, 7) is 20.7. The van der Waals surface area contributed by atoms with Gasteiger partial charge in [-0.05, 0) is 80.2 Å². The molecule has 2 atom stereocenters. The number of ether oxygens (including phenoxy) is 1. The summed E-state index contributed by atoms with van der Waals surface area (Å²) in [5.74, 6) is 1.02. The number of ketones is 1. The lowest BCUT2D eigenvalue weighted by molar-refractivity contribution is 0.0635. The van der Waals surface area contributed by atoms with E-state index in [0.29, 0.717) is 30.1 Å². The number of rotatable bonds is 8. The van der Waals surface area contributed by atoms with Crippen molar-refractivity contribution >= 4 is 23.4 Å². The third-order valence-electron chi connectivity index (χ3n) is 7.81. The molecule has 1 amide bonds. The van der Waals surface area contributed by atoms with E-state index in [1.54, 1.807) is 0 Å². The van der Waals surface area contributed by atoms with Crippen LogP contribution in [0.4, 0.5) is 10.5 Å². The molecule has 42 heavy (non-hydrogen) atoms. The second-order valence-electron chi connectivity index (χ2n) is 14.8. The van der Waals surface area contributed by atoms with Crippen LogP contribution in [0.5, 0.6) is 5.75 Å². The summed E-state index contributed by atoms with van der Waals surface area (Å²) >= 11 is 0. The Morgan fingerprint density at radius 2 is 1.52 bits per heavy atom. The number of phenolic OH excluding ortho intramolecular Hbond substituents is 1. The van der Waals surface area contributed by atoms with Crippen LogP contribution in [0.2, 0.25) is 0 Å². The fourth-order valence-electron chi connectivity index (χ4n) is 5.65. The van der Waals surface area contributed by atoms with Crippen LogP contribution in [0.25, 0.3) is 0 Å². The lowest BCUT2D eigenvalue weighted by Gasteiger charge is -2.28. The number of Topliss-reactive ketones (excluding diaryl/α,β-unsaturated/α-hetero) is 1. The fraction of sp³-hybridized carbons (Fsp3) is 0.571. The Kier molecular flexibility index (Phi) is 9.85. The summed E-state index contributed by atoms with van der Waals surface area (Å²) < 4.78 is 5.34. The number of carbonyl (C=O) groups is 2. The van der Waals surface area contributed by atoms with Gasteiger partial charge >= 0.3 is 6.09 Å². The van der Waals surface area contributed by atoms with Crippen LogP contribution in [0.15, 0.2) is 36.4 Å². The molecule has 1 aliphatic rings. The lowest BCUT2D eigenvalue weighted by Crippen LogP contribution is -2.33. The molecule has 7 nitrogen and oxygen atoms in total. The molecule has 0 aliphatic carbocycles. The highest BCUT2D eigenvalue weighted by Crippen LogP contribution is 2.40. The van der Waals surface area contributed by atoms with Crippen LogP contribution in [-0.4, -0.2) is 46.4 Å². The first-order chi connectivity index (χ1) is 19.3. The number of aromatic hydroxyl groups is 1. The zero-order valence-electron chi connectivity index (χ0n) is 27.3. The smallest absolute Gasteiger partial charge is 0.412 e. The minimum absolute atomic E-state index is 0.0116. The van der Waals surface area contributed by atoms with E-state index in [2.05, 4.69) is 12.2 Å². The molecule has 3 N–H and O–H groups in total. The molecule has 0 bridgehead atoms. The molecule has 0 radical (unpaired) electrons. The standard InChI is InChI=1S/C35H51N3O4/c1-11-12-23-20-38(21-29(39)24-18-27(33(2,3)4)30(40)28(19-24)34(5,6)7)31(36)26(23)17-22-13-15-25(16-14-22)37-32(41)42-35(8,9)10/h13-16,18-19,23,26,36,40H,11-12,17,20-21H2,1-10H3,(H,37,41)/t23-,26+/m0/s1. The minimum Gasteiger partial charge on any atom is -0.507 e. The zero-order chi connectivity index (χ0) is 31.6. The molecule has 1 aliphatic heterocycles.